The molecule has 4 heteroatoms. The second kappa shape index (κ2) is 7.20. The zero-order chi connectivity index (χ0) is 16.1. The minimum absolute atomic E-state index is 0.129. The molecule has 23 heavy (non-hydrogen) atoms. The number of carboxylic acid groups (broad SMARTS) is 1. The summed E-state index contributed by atoms with van der Waals surface area (Å²) in [4.78, 5) is 15.1. The maximum absolute atomic E-state index is 11.1. The fourth-order valence-electron chi connectivity index (χ4n) is 2.85. The minimum Gasteiger partial charge on any atom is -0.481 e. The summed E-state index contributed by atoms with van der Waals surface area (Å²) in [7, 11) is 0. The van der Waals surface area contributed by atoms with Gasteiger partial charge in [-0.05, 0) is 41.7 Å². The quantitative estimate of drug-likeness (QED) is 0.832. The van der Waals surface area contributed by atoms with E-state index in [0.29, 0.717) is 12.8 Å². The van der Waals surface area contributed by atoms with Gasteiger partial charge in [0.15, 0.2) is 0 Å². The number of aliphatic carboxylic acids is 1. The molecule has 2 aromatic rings. The molecule has 0 unspecified atom stereocenters. The van der Waals surface area contributed by atoms with Gasteiger partial charge in [0.1, 0.15) is 0 Å². The Kier molecular flexibility index (Phi) is 4.83. The van der Waals surface area contributed by atoms with Crippen LogP contribution in [0.4, 0.5) is 0 Å². The van der Waals surface area contributed by atoms with Gasteiger partial charge in [0, 0.05) is 25.0 Å². The molecule has 1 aliphatic carbocycles. The number of pyridine rings is 1. The van der Waals surface area contributed by atoms with E-state index in [2.05, 4.69) is 40.6 Å². The first-order valence-corrected chi connectivity index (χ1v) is 7.84. The van der Waals surface area contributed by atoms with Crippen molar-refractivity contribution in [1.82, 2.24) is 10.3 Å². The molecule has 1 heterocycles. The fourth-order valence-corrected chi connectivity index (χ4v) is 2.85. The van der Waals surface area contributed by atoms with Crippen LogP contribution in [0.3, 0.4) is 0 Å². The molecule has 0 aliphatic heterocycles. The number of hydrogen-bond donors (Lipinski definition) is 2. The first-order valence-electron chi connectivity index (χ1n) is 7.84. The van der Waals surface area contributed by atoms with Gasteiger partial charge < -0.3 is 10.4 Å². The van der Waals surface area contributed by atoms with E-state index in [9.17, 15) is 4.79 Å². The number of carbonyl (C=O) groups is 1. The summed E-state index contributed by atoms with van der Waals surface area (Å²) in [5, 5.41) is 12.5. The average molecular weight is 308 g/mol. The highest BCUT2D eigenvalue weighted by molar-refractivity contribution is 5.70. The molecule has 0 fully saturated rings. The van der Waals surface area contributed by atoms with Gasteiger partial charge in [-0.1, -0.05) is 36.4 Å². The van der Waals surface area contributed by atoms with Gasteiger partial charge >= 0.3 is 5.97 Å². The molecule has 0 spiro atoms. The first kappa shape index (κ1) is 15.4. The van der Waals surface area contributed by atoms with Crippen LogP contribution in [0.2, 0.25) is 0 Å². The van der Waals surface area contributed by atoms with Crippen molar-refractivity contribution < 1.29 is 9.90 Å². The summed E-state index contributed by atoms with van der Waals surface area (Å²) >= 11 is 0. The van der Waals surface area contributed by atoms with Crippen LogP contribution >= 0.6 is 0 Å². The van der Waals surface area contributed by atoms with Crippen LogP contribution in [0.25, 0.3) is 11.1 Å². The molecule has 1 aliphatic rings. The third-order valence-electron chi connectivity index (χ3n) is 4.21. The number of nitrogens with one attached hydrogen (secondary N) is 1. The number of allylic oxidation sites excluding steroid dienone is 1. The van der Waals surface area contributed by atoms with Crippen LogP contribution in [-0.2, 0) is 11.3 Å². The van der Waals surface area contributed by atoms with Crippen molar-refractivity contribution in [2.45, 2.75) is 25.4 Å². The van der Waals surface area contributed by atoms with Crippen molar-refractivity contribution in [2.24, 2.45) is 5.92 Å². The molecular weight excluding hydrogens is 288 g/mol. The van der Waals surface area contributed by atoms with Gasteiger partial charge in [-0.2, -0.15) is 0 Å². The summed E-state index contributed by atoms with van der Waals surface area (Å²) in [6.45, 7) is 0.734. The molecule has 1 aromatic carbocycles. The SMILES string of the molecule is O=C(O)[C@@H]1CC=C[C@@H](NCc2ccc(-c3ccncc3)cc2)C1. The molecule has 4 nitrogen and oxygen atoms in total. The zero-order valence-electron chi connectivity index (χ0n) is 12.9. The van der Waals surface area contributed by atoms with E-state index >= 15 is 0 Å². The number of benzene rings is 1. The van der Waals surface area contributed by atoms with Crippen LogP contribution in [-0.4, -0.2) is 22.1 Å². The Morgan fingerprint density at radius 3 is 2.52 bits per heavy atom. The summed E-state index contributed by atoms with van der Waals surface area (Å²) in [5.41, 5.74) is 3.51. The van der Waals surface area contributed by atoms with E-state index in [1.807, 2.05) is 18.2 Å². The van der Waals surface area contributed by atoms with E-state index in [4.69, 9.17) is 5.11 Å². The highest BCUT2D eigenvalue weighted by Crippen LogP contribution is 2.21. The minimum atomic E-state index is -0.706. The van der Waals surface area contributed by atoms with Crippen LogP contribution in [0, 0.1) is 5.92 Å². The predicted octanol–water partition coefficient (Wildman–Crippen LogP) is 3.26. The Morgan fingerprint density at radius 2 is 1.83 bits per heavy atom. The monoisotopic (exact) mass is 308 g/mol. The number of nitrogens with zero attached hydrogens (tertiary/aromatic N) is 1. The maximum atomic E-state index is 11.1. The molecule has 2 N–H and O–H groups in total. The molecule has 0 saturated heterocycles. The van der Waals surface area contributed by atoms with E-state index < -0.39 is 5.97 Å². The van der Waals surface area contributed by atoms with Crippen molar-refractivity contribution in [3.63, 3.8) is 0 Å². The van der Waals surface area contributed by atoms with Gasteiger partial charge in [0.05, 0.1) is 5.92 Å². The van der Waals surface area contributed by atoms with Gasteiger partial charge in [0.2, 0.25) is 0 Å². The summed E-state index contributed by atoms with van der Waals surface area (Å²) in [5.74, 6) is -0.977. The second-order valence-corrected chi connectivity index (χ2v) is 5.85. The molecule has 0 bridgehead atoms. The van der Waals surface area contributed by atoms with Crippen molar-refractivity contribution in [1.29, 1.82) is 0 Å². The normalized spacial score (nSPS) is 20.3. The lowest BCUT2D eigenvalue weighted by Gasteiger charge is -2.23. The summed E-state index contributed by atoms with van der Waals surface area (Å²) < 4.78 is 0. The van der Waals surface area contributed by atoms with Crippen molar-refractivity contribution in [3.05, 3.63) is 66.5 Å². The molecular formula is C19H20N2O2. The lowest BCUT2D eigenvalue weighted by Crippen LogP contribution is -2.33. The summed E-state index contributed by atoms with van der Waals surface area (Å²) in [6, 6.07) is 12.5. The Labute approximate surface area is 135 Å². The molecule has 0 saturated carbocycles. The Bertz CT molecular complexity index is 680. The van der Waals surface area contributed by atoms with E-state index in [1.165, 1.54) is 11.1 Å². The topological polar surface area (TPSA) is 62.2 Å². The Morgan fingerprint density at radius 1 is 1.13 bits per heavy atom. The summed E-state index contributed by atoms with van der Waals surface area (Å²) in [6.07, 6.45) is 8.91. The van der Waals surface area contributed by atoms with E-state index in [1.54, 1.807) is 12.4 Å². The fraction of sp³-hybridized carbons (Fsp3) is 0.263. The second-order valence-electron chi connectivity index (χ2n) is 5.85. The number of rotatable bonds is 5. The van der Waals surface area contributed by atoms with Gasteiger partial charge in [0.25, 0.3) is 0 Å². The van der Waals surface area contributed by atoms with Crippen molar-refractivity contribution in [3.8, 4) is 11.1 Å². The molecule has 2 atom stereocenters. The van der Waals surface area contributed by atoms with Crippen molar-refractivity contribution >= 4 is 5.97 Å². The number of aromatic nitrogens is 1. The number of hydrogen-bond acceptors (Lipinski definition) is 3. The number of carboxylic acids is 1. The van der Waals surface area contributed by atoms with Crippen molar-refractivity contribution in [2.75, 3.05) is 0 Å². The Balaban J connectivity index is 1.58. The highest BCUT2D eigenvalue weighted by Gasteiger charge is 2.23. The van der Waals surface area contributed by atoms with Gasteiger partial charge in [-0.15, -0.1) is 0 Å². The third kappa shape index (κ3) is 4.05. The molecule has 118 valence electrons. The average Bonchev–Trinajstić information content (AvgIpc) is 2.61. The Hall–Kier alpha value is -2.46. The smallest absolute Gasteiger partial charge is 0.306 e. The molecule has 0 amide bonds. The van der Waals surface area contributed by atoms with Crippen LogP contribution in [0.5, 0.6) is 0 Å². The van der Waals surface area contributed by atoms with E-state index in [0.717, 1.165) is 12.1 Å². The molecule has 3 rings (SSSR count). The highest BCUT2D eigenvalue weighted by atomic mass is 16.4. The lowest BCUT2D eigenvalue weighted by atomic mass is 9.91. The van der Waals surface area contributed by atoms with Gasteiger partial charge in [-0.25, -0.2) is 0 Å². The lowest BCUT2D eigenvalue weighted by molar-refractivity contribution is -0.142. The van der Waals surface area contributed by atoms with Crippen LogP contribution < -0.4 is 5.32 Å². The third-order valence-corrected chi connectivity index (χ3v) is 4.21. The predicted molar refractivity (Wildman–Crippen MR) is 89.8 cm³/mol. The largest absolute Gasteiger partial charge is 0.481 e. The first-order chi connectivity index (χ1) is 11.2. The van der Waals surface area contributed by atoms with Crippen LogP contribution in [0.1, 0.15) is 18.4 Å². The standard InChI is InChI=1S/C19H20N2O2/c22-19(23)17-2-1-3-18(12-17)21-13-14-4-6-15(7-5-14)16-8-10-20-11-9-16/h1,3-11,17-18,21H,2,12-13H2,(H,22,23)/t17-,18-/m1/s1. The molecule has 1 aromatic heterocycles. The molecule has 0 radical (unpaired) electrons. The van der Waals surface area contributed by atoms with Crippen LogP contribution in [0.15, 0.2) is 60.9 Å². The van der Waals surface area contributed by atoms with Gasteiger partial charge in [-0.3, -0.25) is 9.78 Å². The maximum Gasteiger partial charge on any atom is 0.306 e. The van der Waals surface area contributed by atoms with E-state index in [-0.39, 0.29) is 12.0 Å². The zero-order valence-corrected chi connectivity index (χ0v) is 12.9.